The van der Waals surface area contributed by atoms with Crippen molar-refractivity contribution in [2.75, 3.05) is 7.04 Å². The fourth-order valence-corrected chi connectivity index (χ4v) is 0.691. The van der Waals surface area contributed by atoms with Crippen molar-refractivity contribution >= 4 is 5.69 Å². The molecule has 0 aliphatic carbocycles. The Bertz CT molecular complexity index is 484. The predicted molar refractivity (Wildman–Crippen MR) is 40.2 cm³/mol. The van der Waals surface area contributed by atoms with Crippen LogP contribution in [0.1, 0.15) is 4.11 Å². The van der Waals surface area contributed by atoms with Crippen molar-refractivity contribution in [1.29, 1.82) is 0 Å². The van der Waals surface area contributed by atoms with Crippen LogP contribution in [-0.4, -0.2) is 16.9 Å². The van der Waals surface area contributed by atoms with Gasteiger partial charge in [-0.05, 0) is 0 Å². The van der Waals surface area contributed by atoms with Gasteiger partial charge < -0.3 is 4.74 Å². The maximum absolute atomic E-state index is 12.7. The number of nitro groups is 1. The van der Waals surface area contributed by atoms with E-state index in [9.17, 15) is 19.3 Å². The average Bonchev–Trinajstić information content (AvgIpc) is 2.07. The van der Waals surface area contributed by atoms with Gasteiger partial charge >= 0.3 is 5.69 Å². The molecule has 0 bridgehead atoms. The highest BCUT2D eigenvalue weighted by molar-refractivity contribution is 5.40. The maximum atomic E-state index is 12.7. The van der Waals surface area contributed by atoms with E-state index >= 15 is 0 Å². The normalized spacial score (nSPS) is 14.1. The van der Waals surface area contributed by atoms with Crippen molar-refractivity contribution in [3.63, 3.8) is 0 Å². The van der Waals surface area contributed by atoms with Crippen LogP contribution in [0.5, 0.6) is 5.88 Å². The van der Waals surface area contributed by atoms with Crippen LogP contribution in [0.25, 0.3) is 0 Å². The molecule has 1 heterocycles. The van der Waals surface area contributed by atoms with E-state index in [1.165, 1.54) is 0 Å². The van der Waals surface area contributed by atoms with Gasteiger partial charge in [0.05, 0.1) is 22.1 Å². The van der Waals surface area contributed by atoms with E-state index in [2.05, 4.69) is 4.74 Å². The lowest BCUT2D eigenvalue weighted by Gasteiger charge is -1.99. The van der Waals surface area contributed by atoms with Crippen LogP contribution in [0.4, 0.5) is 10.1 Å². The van der Waals surface area contributed by atoms with Gasteiger partial charge in [0, 0.05) is 0 Å². The van der Waals surface area contributed by atoms with Crippen LogP contribution >= 0.6 is 0 Å². The fraction of sp³-hybridized carbons (Fsp3) is 0.167. The lowest BCUT2D eigenvalue weighted by atomic mass is 10.4. The molecule has 6 nitrogen and oxygen atoms in total. The number of hydrogen-bond donors (Lipinski definition) is 1. The van der Waals surface area contributed by atoms with Gasteiger partial charge in [-0.15, -0.1) is 0 Å². The van der Waals surface area contributed by atoms with Crippen molar-refractivity contribution in [3.8, 4) is 5.88 Å². The molecule has 0 unspecified atom stereocenters. The van der Waals surface area contributed by atoms with Crippen LogP contribution in [0.2, 0.25) is 0 Å². The third kappa shape index (κ3) is 1.63. The summed E-state index contributed by atoms with van der Waals surface area (Å²) in [7, 11) is -2.98. The van der Waals surface area contributed by atoms with Gasteiger partial charge in [0.25, 0.3) is 11.4 Å². The van der Waals surface area contributed by atoms with Crippen LogP contribution in [-0.2, 0) is 0 Å². The molecule has 0 radical (unpaired) electrons. The monoisotopic (exact) mass is 191 g/mol. The summed E-state index contributed by atoms with van der Waals surface area (Å²) in [4.78, 5) is 21.8. The van der Waals surface area contributed by atoms with E-state index in [0.717, 1.165) is 0 Å². The number of nitrogens with zero attached hydrogens (tertiary/aromatic N) is 1. The molecule has 0 saturated carbocycles. The molecule has 0 atom stereocenters. The molecule has 0 fully saturated rings. The molecule has 0 amide bonds. The summed E-state index contributed by atoms with van der Waals surface area (Å²) in [6.07, 6.45) is 0. The molecule has 0 aliphatic rings. The van der Waals surface area contributed by atoms with Crippen LogP contribution in [0.15, 0.2) is 10.9 Å². The summed E-state index contributed by atoms with van der Waals surface area (Å²) in [5.74, 6) is -2.30. The molecule has 0 saturated heterocycles. The van der Waals surface area contributed by atoms with Gasteiger partial charge in [-0.25, -0.2) is 4.39 Å². The van der Waals surface area contributed by atoms with E-state index in [0.29, 0.717) is 6.07 Å². The van der Waals surface area contributed by atoms with Gasteiger partial charge in [-0.3, -0.25) is 19.9 Å². The molecule has 1 rings (SSSR count). The molecular weight excluding hydrogens is 183 g/mol. The average molecular weight is 191 g/mol. The first-order valence-electron chi connectivity index (χ1n) is 4.47. The lowest BCUT2D eigenvalue weighted by molar-refractivity contribution is -0.386. The summed E-state index contributed by atoms with van der Waals surface area (Å²) in [6, 6.07) is 0.292. The molecule has 1 aromatic rings. The summed E-state index contributed by atoms with van der Waals surface area (Å²) >= 11 is 0. The Hall–Kier alpha value is -1.92. The summed E-state index contributed by atoms with van der Waals surface area (Å²) in [5.41, 5.74) is -2.27. The number of pyridine rings is 1. The minimum atomic E-state index is -2.98. The zero-order valence-electron chi connectivity index (χ0n) is 9.04. The quantitative estimate of drug-likeness (QED) is 0.542. The van der Waals surface area contributed by atoms with E-state index < -0.39 is 34.9 Å². The molecule has 1 N–H and O–H groups in total. The van der Waals surface area contributed by atoms with Gasteiger partial charge in [0.2, 0.25) is 0 Å². The fourth-order valence-electron chi connectivity index (χ4n) is 0.691. The number of ether oxygens (including phenoxy) is 1. The smallest absolute Gasteiger partial charge is 0.332 e. The largest absolute Gasteiger partial charge is 0.477 e. The second kappa shape index (κ2) is 3.21. The predicted octanol–water partition coefficient (Wildman–Crippen LogP) is 0.431. The first-order valence-corrected chi connectivity index (χ1v) is 2.97. The molecule has 0 aromatic carbocycles. The highest BCUT2D eigenvalue weighted by Crippen LogP contribution is 2.21. The van der Waals surface area contributed by atoms with E-state index in [1.807, 2.05) is 0 Å². The van der Waals surface area contributed by atoms with Crippen molar-refractivity contribution in [2.45, 2.75) is 0 Å². The first-order chi connectivity index (χ1) is 7.20. The van der Waals surface area contributed by atoms with E-state index in [-0.39, 0.29) is 0 Å². The Morgan fingerprint density at radius 2 is 2.54 bits per heavy atom. The van der Waals surface area contributed by atoms with Crippen LogP contribution in [0.3, 0.4) is 0 Å². The topological polar surface area (TPSA) is 85.2 Å². The maximum Gasteiger partial charge on any atom is 0.332 e. The number of H-pyrrole nitrogens is 1. The Balaban J connectivity index is 3.31. The van der Waals surface area contributed by atoms with Crippen molar-refractivity contribution in [3.05, 3.63) is 32.4 Å². The Labute approximate surface area is 75.3 Å². The van der Waals surface area contributed by atoms with E-state index in [1.54, 1.807) is 4.98 Å². The molecule has 0 spiro atoms. The Kier molecular flexibility index (Phi) is 1.40. The van der Waals surface area contributed by atoms with E-state index in [4.69, 9.17) is 4.11 Å². The molecule has 0 aliphatic heterocycles. The van der Waals surface area contributed by atoms with Gasteiger partial charge in [0.15, 0.2) is 5.82 Å². The van der Waals surface area contributed by atoms with Crippen LogP contribution in [0, 0.1) is 15.9 Å². The number of methoxy groups -OCH3 is 1. The third-order valence-corrected chi connectivity index (χ3v) is 1.24. The minimum absolute atomic E-state index is 0.292. The number of halogens is 1. The first kappa shape index (κ1) is 5.68. The van der Waals surface area contributed by atoms with Gasteiger partial charge in [-0.1, -0.05) is 0 Å². The highest BCUT2D eigenvalue weighted by Gasteiger charge is 2.18. The zero-order valence-corrected chi connectivity index (χ0v) is 6.04. The van der Waals surface area contributed by atoms with Gasteiger partial charge in [0.1, 0.15) is 0 Å². The Morgan fingerprint density at radius 1 is 1.85 bits per heavy atom. The third-order valence-electron chi connectivity index (χ3n) is 1.24. The van der Waals surface area contributed by atoms with Crippen molar-refractivity contribution in [1.82, 2.24) is 4.98 Å². The SMILES string of the molecule is [2H]C([2H])([2H])Oc1[nH]c(=O)c(F)cc1[N+](=O)[O-]. The number of aromatic amines is 1. The molecule has 7 heteroatoms. The minimum Gasteiger partial charge on any atom is -0.477 e. The lowest BCUT2D eigenvalue weighted by Crippen LogP contribution is -2.12. The van der Waals surface area contributed by atoms with Gasteiger partial charge in [-0.2, -0.15) is 0 Å². The number of rotatable bonds is 2. The van der Waals surface area contributed by atoms with Crippen molar-refractivity contribution < 1.29 is 18.2 Å². The number of aromatic nitrogens is 1. The second-order valence-electron chi connectivity index (χ2n) is 2.02. The number of nitrogens with one attached hydrogen (secondary N) is 1. The highest BCUT2D eigenvalue weighted by atomic mass is 19.1. The summed E-state index contributed by atoms with van der Waals surface area (Å²) in [5, 5.41) is 10.4. The molecule has 1 aromatic heterocycles. The molecule has 70 valence electrons. The second-order valence-corrected chi connectivity index (χ2v) is 2.02. The van der Waals surface area contributed by atoms with Crippen molar-refractivity contribution in [2.24, 2.45) is 0 Å². The number of hydrogen-bond acceptors (Lipinski definition) is 4. The molecule has 13 heavy (non-hydrogen) atoms. The van der Waals surface area contributed by atoms with Crippen LogP contribution < -0.4 is 10.3 Å². The Morgan fingerprint density at radius 3 is 3.08 bits per heavy atom. The summed E-state index contributed by atoms with van der Waals surface area (Å²) < 4.78 is 37.0. The molecular formula is C6H5FN2O4. The standard InChI is InChI=1S/C6H5FN2O4/c1-13-6-4(9(11)12)2-3(7)5(10)8-6/h2H,1H3,(H,8,10)/i1D3. The zero-order chi connectivity index (χ0) is 12.5. The summed E-state index contributed by atoms with van der Waals surface area (Å²) in [6.45, 7) is 0.